The Morgan fingerprint density at radius 1 is 1.33 bits per heavy atom. The molecule has 0 radical (unpaired) electrons. The van der Waals surface area contributed by atoms with Crippen LogP contribution in [0.1, 0.15) is 37.5 Å². The molecular weight excluding hydrogens is 308 g/mol. The summed E-state index contributed by atoms with van der Waals surface area (Å²) in [7, 11) is 0. The van der Waals surface area contributed by atoms with Gasteiger partial charge in [0.15, 0.2) is 5.82 Å². The van der Waals surface area contributed by atoms with Crippen molar-refractivity contribution in [3.05, 3.63) is 47.6 Å². The maximum absolute atomic E-state index is 12.1. The molecule has 1 aliphatic rings. The zero-order valence-electron chi connectivity index (χ0n) is 13.7. The number of nitrogens with zero attached hydrogens (tertiary/aromatic N) is 3. The molecule has 7 heteroatoms. The van der Waals surface area contributed by atoms with Crippen LogP contribution < -0.4 is 5.32 Å². The average molecular weight is 328 g/mol. The van der Waals surface area contributed by atoms with Gasteiger partial charge < -0.3 is 14.7 Å². The van der Waals surface area contributed by atoms with Crippen LogP contribution in [0.4, 0.5) is 0 Å². The number of nitrogens with one attached hydrogen (secondary N) is 1. The van der Waals surface area contributed by atoms with Crippen molar-refractivity contribution in [2.24, 2.45) is 11.1 Å². The summed E-state index contributed by atoms with van der Waals surface area (Å²) < 4.78 is 5.16. The van der Waals surface area contributed by atoms with Gasteiger partial charge in [-0.1, -0.05) is 54.5 Å². The lowest BCUT2D eigenvalue weighted by molar-refractivity contribution is -0.131. The number of benzene rings is 1. The second kappa shape index (κ2) is 7.25. The van der Waals surface area contributed by atoms with Crippen LogP contribution in [-0.4, -0.2) is 27.9 Å². The lowest BCUT2D eigenvalue weighted by Crippen LogP contribution is -2.34. The third-order valence-corrected chi connectivity index (χ3v) is 3.78. The van der Waals surface area contributed by atoms with Gasteiger partial charge in [-0.2, -0.15) is 4.98 Å². The number of hydrogen-bond acceptors (Lipinski definition) is 6. The maximum atomic E-state index is 12.1. The Morgan fingerprint density at radius 3 is 2.83 bits per heavy atom. The van der Waals surface area contributed by atoms with E-state index in [2.05, 4.69) is 20.6 Å². The van der Waals surface area contributed by atoms with E-state index in [4.69, 9.17) is 9.36 Å². The molecule has 1 aliphatic heterocycles. The quantitative estimate of drug-likeness (QED) is 0.877. The van der Waals surface area contributed by atoms with Crippen molar-refractivity contribution in [1.29, 1.82) is 0 Å². The lowest BCUT2D eigenvalue weighted by Gasteiger charge is -2.07. The Morgan fingerprint density at radius 2 is 2.12 bits per heavy atom. The summed E-state index contributed by atoms with van der Waals surface area (Å²) in [5, 5.41) is 10.6. The highest BCUT2D eigenvalue weighted by molar-refractivity contribution is 5.93. The summed E-state index contributed by atoms with van der Waals surface area (Å²) >= 11 is 0. The molecule has 0 spiro atoms. The van der Waals surface area contributed by atoms with E-state index >= 15 is 0 Å². The third-order valence-electron chi connectivity index (χ3n) is 3.78. The zero-order valence-corrected chi connectivity index (χ0v) is 13.7. The van der Waals surface area contributed by atoms with Gasteiger partial charge in [0.05, 0.1) is 12.3 Å². The minimum Gasteiger partial charge on any atom is -0.382 e. The Hall–Kier alpha value is -2.70. The number of amides is 1. The highest BCUT2D eigenvalue weighted by Crippen LogP contribution is 2.16. The normalized spacial score (nSPS) is 16.8. The smallest absolute Gasteiger partial charge is 0.264 e. The van der Waals surface area contributed by atoms with Gasteiger partial charge in [0.25, 0.3) is 5.91 Å². The van der Waals surface area contributed by atoms with E-state index in [1.54, 1.807) is 0 Å². The standard InChI is InChI=1S/C17H20N4O3/c1-11(2)13-9-14(23-20-13)17(22)18-10-16-19-15(21-24-16)8-12-6-4-3-5-7-12/h3-7,11,14H,8-10H2,1-2H3,(H,18,22). The molecule has 0 saturated carbocycles. The minimum absolute atomic E-state index is 0.178. The predicted molar refractivity (Wildman–Crippen MR) is 87.2 cm³/mol. The van der Waals surface area contributed by atoms with E-state index in [0.29, 0.717) is 24.6 Å². The molecule has 0 fully saturated rings. The molecule has 1 aromatic carbocycles. The van der Waals surface area contributed by atoms with Crippen LogP contribution >= 0.6 is 0 Å². The fourth-order valence-corrected chi connectivity index (χ4v) is 2.37. The van der Waals surface area contributed by atoms with Crippen molar-refractivity contribution in [3.8, 4) is 0 Å². The first-order valence-electron chi connectivity index (χ1n) is 7.97. The zero-order chi connectivity index (χ0) is 16.9. The van der Waals surface area contributed by atoms with E-state index in [-0.39, 0.29) is 18.4 Å². The van der Waals surface area contributed by atoms with Crippen LogP contribution in [0.15, 0.2) is 40.0 Å². The van der Waals surface area contributed by atoms with Gasteiger partial charge in [0.2, 0.25) is 12.0 Å². The van der Waals surface area contributed by atoms with Crippen molar-refractivity contribution in [1.82, 2.24) is 15.5 Å². The van der Waals surface area contributed by atoms with Crippen molar-refractivity contribution >= 4 is 11.6 Å². The molecule has 2 heterocycles. The molecule has 1 amide bonds. The van der Waals surface area contributed by atoms with Crippen molar-refractivity contribution in [2.75, 3.05) is 0 Å². The summed E-state index contributed by atoms with van der Waals surface area (Å²) in [5.74, 6) is 1.02. The SMILES string of the molecule is CC(C)C1=NOC(C(=O)NCc2nc(Cc3ccccc3)no2)C1. The summed E-state index contributed by atoms with van der Waals surface area (Å²) in [6.07, 6.45) is 0.538. The van der Waals surface area contributed by atoms with Gasteiger partial charge in [0, 0.05) is 12.8 Å². The van der Waals surface area contributed by atoms with Crippen LogP contribution in [0.3, 0.4) is 0 Å². The number of rotatable bonds is 6. The minimum atomic E-state index is -0.575. The monoisotopic (exact) mass is 328 g/mol. The van der Waals surface area contributed by atoms with Crippen LogP contribution in [0.25, 0.3) is 0 Å². The predicted octanol–water partition coefficient (Wildman–Crippen LogP) is 2.08. The third kappa shape index (κ3) is 3.98. The van der Waals surface area contributed by atoms with E-state index in [1.807, 2.05) is 44.2 Å². The molecule has 1 aromatic heterocycles. The molecule has 1 N–H and O–H groups in total. The molecule has 2 aromatic rings. The summed E-state index contributed by atoms with van der Waals surface area (Å²) in [6.45, 7) is 4.22. The topological polar surface area (TPSA) is 89.6 Å². The molecule has 0 saturated heterocycles. The van der Waals surface area contributed by atoms with Crippen LogP contribution in [0, 0.1) is 5.92 Å². The Kier molecular flexibility index (Phi) is 4.88. The van der Waals surface area contributed by atoms with Crippen LogP contribution in [0.5, 0.6) is 0 Å². The molecule has 0 bridgehead atoms. The van der Waals surface area contributed by atoms with Gasteiger partial charge in [-0.25, -0.2) is 0 Å². The fourth-order valence-electron chi connectivity index (χ4n) is 2.37. The lowest BCUT2D eigenvalue weighted by atomic mass is 10.0. The molecule has 126 valence electrons. The van der Waals surface area contributed by atoms with Crippen molar-refractivity contribution in [2.45, 2.75) is 39.3 Å². The van der Waals surface area contributed by atoms with Gasteiger partial charge in [-0.3, -0.25) is 4.79 Å². The average Bonchev–Trinajstić information content (AvgIpc) is 3.23. The first-order chi connectivity index (χ1) is 11.6. The fraction of sp³-hybridized carbons (Fsp3) is 0.412. The van der Waals surface area contributed by atoms with Crippen molar-refractivity contribution in [3.63, 3.8) is 0 Å². The van der Waals surface area contributed by atoms with E-state index in [1.165, 1.54) is 0 Å². The second-order valence-electron chi connectivity index (χ2n) is 6.02. The van der Waals surface area contributed by atoms with Crippen LogP contribution in [-0.2, 0) is 22.6 Å². The van der Waals surface area contributed by atoms with E-state index in [0.717, 1.165) is 11.3 Å². The number of carbonyl (C=O) groups is 1. The molecule has 0 aliphatic carbocycles. The molecule has 24 heavy (non-hydrogen) atoms. The van der Waals surface area contributed by atoms with Gasteiger partial charge >= 0.3 is 0 Å². The van der Waals surface area contributed by atoms with Crippen molar-refractivity contribution < 1.29 is 14.2 Å². The molecule has 1 unspecified atom stereocenters. The first kappa shape index (κ1) is 16.2. The number of oxime groups is 1. The first-order valence-corrected chi connectivity index (χ1v) is 7.97. The second-order valence-corrected chi connectivity index (χ2v) is 6.02. The summed E-state index contributed by atoms with van der Waals surface area (Å²) in [5.41, 5.74) is 2.00. The number of carbonyl (C=O) groups excluding carboxylic acids is 1. The molecular formula is C17H20N4O3. The maximum Gasteiger partial charge on any atom is 0.264 e. The van der Waals surface area contributed by atoms with Gasteiger partial charge in [0.1, 0.15) is 0 Å². The Balaban J connectivity index is 1.48. The Labute approximate surface area is 140 Å². The number of hydrogen-bond donors (Lipinski definition) is 1. The molecule has 7 nitrogen and oxygen atoms in total. The van der Waals surface area contributed by atoms with E-state index in [9.17, 15) is 4.79 Å². The van der Waals surface area contributed by atoms with Crippen LogP contribution in [0.2, 0.25) is 0 Å². The van der Waals surface area contributed by atoms with Gasteiger partial charge in [-0.05, 0) is 11.5 Å². The highest BCUT2D eigenvalue weighted by Gasteiger charge is 2.29. The highest BCUT2D eigenvalue weighted by atomic mass is 16.6. The Bertz CT molecular complexity index is 724. The number of aromatic nitrogens is 2. The summed E-state index contributed by atoms with van der Waals surface area (Å²) in [6, 6.07) is 9.89. The summed E-state index contributed by atoms with van der Waals surface area (Å²) in [4.78, 5) is 21.5. The molecule has 1 atom stereocenters. The largest absolute Gasteiger partial charge is 0.382 e. The van der Waals surface area contributed by atoms with Gasteiger partial charge in [-0.15, -0.1) is 0 Å². The molecule has 3 rings (SSSR count). The van der Waals surface area contributed by atoms with E-state index < -0.39 is 6.10 Å².